The summed E-state index contributed by atoms with van der Waals surface area (Å²) >= 11 is 0. The number of hydrogen-bond donors (Lipinski definition) is 1. The number of imide groups is 1. The van der Waals surface area contributed by atoms with Crippen LogP contribution in [0.5, 0.6) is 0 Å². The zero-order valence-corrected chi connectivity index (χ0v) is 20.0. The first-order valence-corrected chi connectivity index (χ1v) is 12.1. The summed E-state index contributed by atoms with van der Waals surface area (Å²) in [5.74, 6) is -0.517. The van der Waals surface area contributed by atoms with Crippen molar-refractivity contribution in [3.05, 3.63) is 65.2 Å². The van der Waals surface area contributed by atoms with Gasteiger partial charge in [-0.1, -0.05) is 36.4 Å². The molecule has 1 N–H and O–H groups in total. The van der Waals surface area contributed by atoms with Crippen LogP contribution < -0.4 is 5.32 Å². The molecule has 1 aliphatic heterocycles. The predicted octanol–water partition coefficient (Wildman–Crippen LogP) is 3.59. The Morgan fingerprint density at radius 2 is 1.91 bits per heavy atom. The summed E-state index contributed by atoms with van der Waals surface area (Å²) in [6.45, 7) is 3.54. The molecule has 0 radical (unpaired) electrons. The summed E-state index contributed by atoms with van der Waals surface area (Å²) in [5.41, 5.74) is 1.68. The largest absolute Gasteiger partial charge is 0.427 e. The normalized spacial score (nSPS) is 21.6. The van der Waals surface area contributed by atoms with Crippen molar-refractivity contribution in [2.24, 2.45) is 5.92 Å². The minimum Gasteiger partial charge on any atom is -0.427 e. The van der Waals surface area contributed by atoms with Crippen LogP contribution in [-0.4, -0.2) is 46.2 Å². The number of ether oxygens (including phenoxy) is 1. The number of hydrogen-bond acceptors (Lipinski definition) is 5. The van der Waals surface area contributed by atoms with Gasteiger partial charge in [0.05, 0.1) is 0 Å². The minimum atomic E-state index is -1.41. The maximum Gasteiger partial charge on any atom is 0.418 e. The molecule has 2 atom stereocenters. The van der Waals surface area contributed by atoms with Crippen molar-refractivity contribution >= 4 is 29.5 Å². The second-order valence-electron chi connectivity index (χ2n) is 9.72. The van der Waals surface area contributed by atoms with Crippen molar-refractivity contribution in [3.63, 3.8) is 0 Å². The zero-order chi connectivity index (χ0) is 24.7. The Morgan fingerprint density at radius 3 is 2.60 bits per heavy atom. The molecule has 1 saturated carbocycles. The Labute approximate surface area is 204 Å². The number of nitrogens with one attached hydrogen (secondary N) is 1. The summed E-state index contributed by atoms with van der Waals surface area (Å²) < 4.78 is 5.68. The molecule has 2 fully saturated rings. The quantitative estimate of drug-likeness (QED) is 0.660. The van der Waals surface area contributed by atoms with E-state index in [4.69, 9.17) is 4.74 Å². The van der Waals surface area contributed by atoms with E-state index in [9.17, 15) is 19.2 Å². The molecule has 0 aromatic heterocycles. The van der Waals surface area contributed by atoms with Gasteiger partial charge in [-0.25, -0.2) is 9.69 Å². The van der Waals surface area contributed by atoms with Crippen LogP contribution in [0, 0.1) is 5.92 Å². The van der Waals surface area contributed by atoms with E-state index in [1.165, 1.54) is 6.92 Å². The van der Waals surface area contributed by atoms with Gasteiger partial charge in [-0.05, 0) is 55.4 Å². The molecule has 4 amide bonds. The van der Waals surface area contributed by atoms with Gasteiger partial charge in [0, 0.05) is 37.2 Å². The lowest BCUT2D eigenvalue weighted by molar-refractivity contribution is -0.143. The van der Waals surface area contributed by atoms with Gasteiger partial charge >= 0.3 is 6.09 Å². The summed E-state index contributed by atoms with van der Waals surface area (Å²) in [4.78, 5) is 54.0. The lowest BCUT2D eigenvalue weighted by Gasteiger charge is -2.30. The van der Waals surface area contributed by atoms with Crippen LogP contribution in [0.25, 0.3) is 0 Å². The molecule has 0 bridgehead atoms. The van der Waals surface area contributed by atoms with E-state index in [2.05, 4.69) is 5.32 Å². The number of fused-ring (bicyclic) bond motifs is 2. The standard InChI is InChI=1S/C27H29N3O5/c1-17(20-8-9-20)29(15-19-6-4-3-5-7-19)24(32)16-30-25(33)27(35-26(30)34)13-12-21-14-22(28-18(2)31)10-11-23(21)27/h3-7,10-11,14,17,20H,8-9,12-13,15-16H2,1-2H3,(H,28,31)/t17?,27-/m0/s1. The van der Waals surface area contributed by atoms with Gasteiger partial charge in [0.2, 0.25) is 17.4 Å². The highest BCUT2D eigenvalue weighted by molar-refractivity contribution is 6.06. The molecular formula is C27H29N3O5. The molecule has 8 nitrogen and oxygen atoms in total. The average Bonchev–Trinajstić information content (AvgIpc) is 3.58. The summed E-state index contributed by atoms with van der Waals surface area (Å²) in [6.07, 6.45) is 2.20. The number of carbonyl (C=O) groups excluding carboxylic acids is 4. The van der Waals surface area contributed by atoms with Gasteiger partial charge in [0.15, 0.2) is 0 Å². The molecule has 1 saturated heterocycles. The molecule has 8 heteroatoms. The van der Waals surface area contributed by atoms with Crippen molar-refractivity contribution in [2.45, 2.75) is 57.7 Å². The smallest absolute Gasteiger partial charge is 0.418 e. The number of amides is 4. The number of anilines is 1. The second kappa shape index (κ2) is 8.83. The van der Waals surface area contributed by atoms with Crippen molar-refractivity contribution in [2.75, 3.05) is 11.9 Å². The first-order chi connectivity index (χ1) is 16.8. The van der Waals surface area contributed by atoms with Crippen LogP contribution in [0.3, 0.4) is 0 Å². The van der Waals surface area contributed by atoms with E-state index in [0.717, 1.165) is 28.9 Å². The summed E-state index contributed by atoms with van der Waals surface area (Å²) in [6, 6.07) is 15.0. The molecular weight excluding hydrogens is 446 g/mol. The highest BCUT2D eigenvalue weighted by Gasteiger charge is 2.58. The van der Waals surface area contributed by atoms with Gasteiger partial charge in [-0.3, -0.25) is 14.4 Å². The van der Waals surface area contributed by atoms with Crippen molar-refractivity contribution < 1.29 is 23.9 Å². The summed E-state index contributed by atoms with van der Waals surface area (Å²) in [5, 5.41) is 2.73. The Bertz CT molecular complexity index is 1190. The average molecular weight is 476 g/mol. The van der Waals surface area contributed by atoms with Gasteiger partial charge < -0.3 is 15.0 Å². The van der Waals surface area contributed by atoms with E-state index >= 15 is 0 Å². The third kappa shape index (κ3) is 4.29. The molecule has 182 valence electrons. The Kier molecular flexibility index (Phi) is 5.83. The molecule has 1 heterocycles. The van der Waals surface area contributed by atoms with E-state index in [1.54, 1.807) is 23.1 Å². The van der Waals surface area contributed by atoms with Gasteiger partial charge in [0.1, 0.15) is 6.54 Å². The van der Waals surface area contributed by atoms with Gasteiger partial charge in [-0.15, -0.1) is 0 Å². The van der Waals surface area contributed by atoms with Crippen LogP contribution in [0.15, 0.2) is 48.5 Å². The van der Waals surface area contributed by atoms with Crippen molar-refractivity contribution in [1.29, 1.82) is 0 Å². The Balaban J connectivity index is 1.36. The van der Waals surface area contributed by atoms with Crippen molar-refractivity contribution in [3.8, 4) is 0 Å². The fraction of sp³-hybridized carbons (Fsp3) is 0.407. The lowest BCUT2D eigenvalue weighted by atomic mass is 9.94. The number of nitrogens with zero attached hydrogens (tertiary/aromatic N) is 2. The van der Waals surface area contributed by atoms with Crippen LogP contribution in [0.4, 0.5) is 10.5 Å². The number of aryl methyl sites for hydroxylation is 1. The second-order valence-corrected chi connectivity index (χ2v) is 9.72. The molecule has 1 spiro atoms. The first-order valence-electron chi connectivity index (χ1n) is 12.1. The maximum absolute atomic E-state index is 13.5. The van der Waals surface area contributed by atoms with E-state index in [0.29, 0.717) is 36.6 Å². The summed E-state index contributed by atoms with van der Waals surface area (Å²) in [7, 11) is 0. The molecule has 35 heavy (non-hydrogen) atoms. The van der Waals surface area contributed by atoms with Crippen LogP contribution >= 0.6 is 0 Å². The number of carbonyl (C=O) groups is 4. The highest BCUT2D eigenvalue weighted by atomic mass is 16.6. The fourth-order valence-corrected chi connectivity index (χ4v) is 5.23. The maximum atomic E-state index is 13.5. The first kappa shape index (κ1) is 23.1. The van der Waals surface area contributed by atoms with E-state index < -0.39 is 17.6 Å². The molecule has 2 aromatic carbocycles. The molecule has 2 aliphatic carbocycles. The van der Waals surface area contributed by atoms with E-state index in [1.807, 2.05) is 37.3 Å². The fourth-order valence-electron chi connectivity index (χ4n) is 5.23. The van der Waals surface area contributed by atoms with Gasteiger partial charge in [0.25, 0.3) is 5.91 Å². The Morgan fingerprint density at radius 1 is 1.17 bits per heavy atom. The minimum absolute atomic E-state index is 0.0183. The molecule has 2 aromatic rings. The topological polar surface area (TPSA) is 96.0 Å². The zero-order valence-electron chi connectivity index (χ0n) is 20.0. The SMILES string of the molecule is CC(=O)Nc1ccc2c(c1)CC[C@]21OC(=O)N(CC(=O)N(Cc2ccccc2)C(C)C2CC2)C1=O. The highest BCUT2D eigenvalue weighted by Crippen LogP contribution is 2.46. The third-order valence-electron chi connectivity index (χ3n) is 7.28. The Hall–Kier alpha value is -3.68. The molecule has 1 unspecified atom stereocenters. The van der Waals surface area contributed by atoms with E-state index in [-0.39, 0.29) is 24.4 Å². The molecule has 5 rings (SSSR count). The third-order valence-corrected chi connectivity index (χ3v) is 7.28. The van der Waals surface area contributed by atoms with Crippen LogP contribution in [0.1, 0.15) is 49.8 Å². The van der Waals surface area contributed by atoms with Gasteiger partial charge in [-0.2, -0.15) is 0 Å². The van der Waals surface area contributed by atoms with Crippen molar-refractivity contribution in [1.82, 2.24) is 9.80 Å². The van der Waals surface area contributed by atoms with Crippen LogP contribution in [0.2, 0.25) is 0 Å². The molecule has 3 aliphatic rings. The number of rotatable bonds is 7. The predicted molar refractivity (Wildman–Crippen MR) is 128 cm³/mol. The van der Waals surface area contributed by atoms with Crippen LogP contribution in [-0.2, 0) is 37.7 Å². The monoisotopic (exact) mass is 475 g/mol. The lowest BCUT2D eigenvalue weighted by Crippen LogP contribution is -2.47. The number of benzene rings is 2.